The Morgan fingerprint density at radius 1 is 1.23 bits per heavy atom. The standard InChI is InChI=1S/C16H24BrN3O2/c1-4-20(5-2)15(22)8-6-7-14(21)19-13-10-12(17)9-11(3)16(13)18/h9-10H,4-8,18H2,1-3H3,(H,19,21). The molecule has 0 heterocycles. The van der Waals surface area contributed by atoms with Crippen molar-refractivity contribution in [1.29, 1.82) is 0 Å². The Morgan fingerprint density at radius 3 is 2.45 bits per heavy atom. The van der Waals surface area contributed by atoms with Gasteiger partial charge in [0, 0.05) is 30.4 Å². The zero-order valence-corrected chi connectivity index (χ0v) is 15.0. The van der Waals surface area contributed by atoms with Crippen LogP contribution in [0.4, 0.5) is 11.4 Å². The van der Waals surface area contributed by atoms with E-state index in [-0.39, 0.29) is 11.8 Å². The number of nitrogens with one attached hydrogen (secondary N) is 1. The maximum absolute atomic E-state index is 12.0. The van der Waals surface area contributed by atoms with Crippen molar-refractivity contribution in [3.8, 4) is 0 Å². The van der Waals surface area contributed by atoms with Crippen LogP contribution in [0.1, 0.15) is 38.7 Å². The average molecular weight is 370 g/mol. The number of nitrogen functional groups attached to an aromatic ring is 1. The van der Waals surface area contributed by atoms with Crippen LogP contribution in [0.5, 0.6) is 0 Å². The summed E-state index contributed by atoms with van der Waals surface area (Å²) in [6.45, 7) is 7.20. The summed E-state index contributed by atoms with van der Waals surface area (Å²) in [4.78, 5) is 25.6. The summed E-state index contributed by atoms with van der Waals surface area (Å²) >= 11 is 3.38. The Kier molecular flexibility index (Phi) is 7.38. The van der Waals surface area contributed by atoms with E-state index in [4.69, 9.17) is 5.73 Å². The van der Waals surface area contributed by atoms with Crippen molar-refractivity contribution < 1.29 is 9.59 Å². The van der Waals surface area contributed by atoms with Gasteiger partial charge in [-0.25, -0.2) is 0 Å². The Hall–Kier alpha value is -1.56. The Balaban J connectivity index is 2.49. The number of hydrogen-bond acceptors (Lipinski definition) is 3. The molecule has 0 unspecified atom stereocenters. The minimum atomic E-state index is -0.128. The smallest absolute Gasteiger partial charge is 0.224 e. The highest BCUT2D eigenvalue weighted by molar-refractivity contribution is 9.10. The van der Waals surface area contributed by atoms with E-state index in [1.807, 2.05) is 26.8 Å². The van der Waals surface area contributed by atoms with E-state index in [0.29, 0.717) is 43.7 Å². The summed E-state index contributed by atoms with van der Waals surface area (Å²) in [5, 5.41) is 2.80. The van der Waals surface area contributed by atoms with Gasteiger partial charge in [-0.1, -0.05) is 15.9 Å². The van der Waals surface area contributed by atoms with Crippen molar-refractivity contribution >= 4 is 39.1 Å². The number of nitrogens with two attached hydrogens (primary N) is 1. The molecule has 3 N–H and O–H groups in total. The topological polar surface area (TPSA) is 75.4 Å². The normalized spacial score (nSPS) is 10.4. The van der Waals surface area contributed by atoms with E-state index < -0.39 is 0 Å². The van der Waals surface area contributed by atoms with Gasteiger partial charge in [0.05, 0.1) is 11.4 Å². The lowest BCUT2D eigenvalue weighted by Crippen LogP contribution is -2.30. The SMILES string of the molecule is CCN(CC)C(=O)CCCC(=O)Nc1cc(Br)cc(C)c1N. The molecule has 0 aliphatic carbocycles. The third-order valence-electron chi connectivity index (χ3n) is 3.54. The number of hydrogen-bond donors (Lipinski definition) is 2. The van der Waals surface area contributed by atoms with Gasteiger partial charge in [-0.2, -0.15) is 0 Å². The van der Waals surface area contributed by atoms with Crippen LogP contribution in [0.15, 0.2) is 16.6 Å². The average Bonchev–Trinajstić information content (AvgIpc) is 2.45. The molecule has 6 heteroatoms. The maximum Gasteiger partial charge on any atom is 0.224 e. The van der Waals surface area contributed by atoms with Gasteiger partial charge in [0.1, 0.15) is 0 Å². The molecule has 0 radical (unpaired) electrons. The number of benzene rings is 1. The number of anilines is 2. The fourth-order valence-electron chi connectivity index (χ4n) is 2.21. The first kappa shape index (κ1) is 18.5. The quantitative estimate of drug-likeness (QED) is 0.723. The molecule has 122 valence electrons. The van der Waals surface area contributed by atoms with E-state index in [1.165, 1.54) is 0 Å². The fourth-order valence-corrected chi connectivity index (χ4v) is 2.78. The number of carbonyl (C=O) groups is 2. The molecule has 1 rings (SSSR count). The molecule has 5 nitrogen and oxygen atoms in total. The fraction of sp³-hybridized carbons (Fsp3) is 0.500. The number of nitrogens with zero attached hydrogens (tertiary/aromatic N) is 1. The van der Waals surface area contributed by atoms with Crippen molar-refractivity contribution in [2.45, 2.75) is 40.0 Å². The van der Waals surface area contributed by atoms with Crippen LogP contribution in [0.3, 0.4) is 0 Å². The summed E-state index contributed by atoms with van der Waals surface area (Å²) < 4.78 is 0.867. The summed E-state index contributed by atoms with van der Waals surface area (Å²) in [6, 6.07) is 3.68. The zero-order chi connectivity index (χ0) is 16.7. The Bertz CT molecular complexity index is 542. The van der Waals surface area contributed by atoms with Crippen molar-refractivity contribution in [3.63, 3.8) is 0 Å². The van der Waals surface area contributed by atoms with Gasteiger partial charge in [-0.05, 0) is 44.9 Å². The summed E-state index contributed by atoms with van der Waals surface area (Å²) in [6.07, 6.45) is 1.23. The lowest BCUT2D eigenvalue weighted by molar-refractivity contribution is -0.130. The molecule has 0 saturated carbocycles. The highest BCUT2D eigenvalue weighted by atomic mass is 79.9. The lowest BCUT2D eigenvalue weighted by atomic mass is 10.1. The highest BCUT2D eigenvalue weighted by Gasteiger charge is 2.12. The second-order valence-corrected chi connectivity index (χ2v) is 6.07. The molecule has 0 aliphatic rings. The number of halogens is 1. The first-order valence-electron chi connectivity index (χ1n) is 7.52. The molecule has 0 aromatic heterocycles. The minimum Gasteiger partial charge on any atom is -0.397 e. The van der Waals surface area contributed by atoms with Gasteiger partial charge in [0.2, 0.25) is 11.8 Å². The second-order valence-electron chi connectivity index (χ2n) is 5.15. The van der Waals surface area contributed by atoms with Crippen molar-refractivity contribution in [2.75, 3.05) is 24.1 Å². The molecule has 0 saturated heterocycles. The molecular weight excluding hydrogens is 346 g/mol. The van der Waals surface area contributed by atoms with E-state index in [1.54, 1.807) is 11.0 Å². The number of aryl methyl sites for hydroxylation is 1. The van der Waals surface area contributed by atoms with Gasteiger partial charge < -0.3 is 16.0 Å². The highest BCUT2D eigenvalue weighted by Crippen LogP contribution is 2.27. The Labute approximate surface area is 140 Å². The van der Waals surface area contributed by atoms with E-state index in [2.05, 4.69) is 21.2 Å². The molecule has 0 atom stereocenters. The van der Waals surface area contributed by atoms with E-state index >= 15 is 0 Å². The first-order valence-corrected chi connectivity index (χ1v) is 8.31. The summed E-state index contributed by atoms with van der Waals surface area (Å²) in [5.74, 6) is -0.0350. The van der Waals surface area contributed by atoms with E-state index in [9.17, 15) is 9.59 Å². The van der Waals surface area contributed by atoms with Crippen molar-refractivity contribution in [2.24, 2.45) is 0 Å². The van der Waals surface area contributed by atoms with Crippen LogP contribution in [0.25, 0.3) is 0 Å². The van der Waals surface area contributed by atoms with Gasteiger partial charge in [-0.15, -0.1) is 0 Å². The number of carbonyl (C=O) groups excluding carboxylic acids is 2. The maximum atomic E-state index is 12.0. The second kappa shape index (κ2) is 8.78. The number of rotatable bonds is 7. The van der Waals surface area contributed by atoms with Crippen LogP contribution >= 0.6 is 15.9 Å². The third kappa shape index (κ3) is 5.33. The van der Waals surface area contributed by atoms with Gasteiger partial charge in [0.25, 0.3) is 0 Å². The van der Waals surface area contributed by atoms with Crippen LogP contribution in [0, 0.1) is 6.92 Å². The minimum absolute atomic E-state index is 0.0932. The zero-order valence-electron chi connectivity index (χ0n) is 13.4. The molecule has 0 bridgehead atoms. The summed E-state index contributed by atoms with van der Waals surface area (Å²) in [5.41, 5.74) is 8.03. The largest absolute Gasteiger partial charge is 0.397 e. The molecule has 0 spiro atoms. The molecule has 0 aliphatic heterocycles. The molecule has 2 amide bonds. The van der Waals surface area contributed by atoms with Crippen molar-refractivity contribution in [1.82, 2.24) is 4.90 Å². The molecule has 22 heavy (non-hydrogen) atoms. The van der Waals surface area contributed by atoms with Crippen LogP contribution < -0.4 is 11.1 Å². The monoisotopic (exact) mass is 369 g/mol. The predicted octanol–water partition coefficient (Wildman–Crippen LogP) is 3.32. The molecule has 1 aromatic carbocycles. The van der Waals surface area contributed by atoms with E-state index in [0.717, 1.165) is 10.0 Å². The predicted molar refractivity (Wildman–Crippen MR) is 93.7 cm³/mol. The van der Waals surface area contributed by atoms with Crippen LogP contribution in [0.2, 0.25) is 0 Å². The first-order chi connectivity index (χ1) is 10.4. The van der Waals surface area contributed by atoms with Gasteiger partial charge >= 0.3 is 0 Å². The van der Waals surface area contributed by atoms with Gasteiger partial charge in [-0.3, -0.25) is 9.59 Å². The van der Waals surface area contributed by atoms with Gasteiger partial charge in [0.15, 0.2) is 0 Å². The molecule has 0 fully saturated rings. The van der Waals surface area contributed by atoms with Crippen LogP contribution in [-0.4, -0.2) is 29.8 Å². The molecular formula is C16H24BrN3O2. The third-order valence-corrected chi connectivity index (χ3v) is 3.99. The molecule has 1 aromatic rings. The Morgan fingerprint density at radius 2 is 1.86 bits per heavy atom. The van der Waals surface area contributed by atoms with Crippen LogP contribution in [-0.2, 0) is 9.59 Å². The van der Waals surface area contributed by atoms with Crippen molar-refractivity contribution in [3.05, 3.63) is 22.2 Å². The number of amides is 2. The lowest BCUT2D eigenvalue weighted by Gasteiger charge is -2.18. The summed E-state index contributed by atoms with van der Waals surface area (Å²) in [7, 11) is 0.